The molecule has 0 saturated heterocycles. The summed E-state index contributed by atoms with van der Waals surface area (Å²) >= 11 is 0. The third-order valence-corrected chi connectivity index (χ3v) is 4.39. The monoisotopic (exact) mass is 292 g/mol. The van der Waals surface area contributed by atoms with Gasteiger partial charge in [0.25, 0.3) is 0 Å². The highest BCUT2D eigenvalue weighted by Gasteiger charge is 2.28. The van der Waals surface area contributed by atoms with E-state index in [1.54, 1.807) is 4.68 Å². The highest BCUT2D eigenvalue weighted by Crippen LogP contribution is 2.32. The minimum Gasteiger partial charge on any atom is -0.319 e. The van der Waals surface area contributed by atoms with Crippen molar-refractivity contribution in [3.05, 3.63) is 11.8 Å². The Balaban J connectivity index is 2.07. The fourth-order valence-corrected chi connectivity index (χ4v) is 2.80. The van der Waals surface area contributed by atoms with Gasteiger partial charge in [-0.25, -0.2) is 0 Å². The van der Waals surface area contributed by atoms with Crippen molar-refractivity contribution in [3.63, 3.8) is 0 Å². The summed E-state index contributed by atoms with van der Waals surface area (Å²) in [6.45, 7) is 5.90. The molecule has 0 spiro atoms. The summed E-state index contributed by atoms with van der Waals surface area (Å²) in [7, 11) is 1.87. The Bertz CT molecular complexity index is 495. The molecular formula is C16H28N4O. The van der Waals surface area contributed by atoms with Crippen LogP contribution in [-0.2, 0) is 11.8 Å². The average molecular weight is 292 g/mol. The molecule has 1 amide bonds. The topological polar surface area (TPSA) is 72.9 Å². The summed E-state index contributed by atoms with van der Waals surface area (Å²) in [6.07, 6.45) is 6.28. The zero-order valence-corrected chi connectivity index (χ0v) is 13.6. The number of carbonyl (C=O) groups excluding carboxylic acids is 1. The minimum atomic E-state index is -0.537. The largest absolute Gasteiger partial charge is 0.319 e. The molecule has 1 aromatic rings. The number of nitrogens with zero attached hydrogens (tertiary/aromatic N) is 2. The van der Waals surface area contributed by atoms with E-state index in [9.17, 15) is 4.79 Å². The Hall–Kier alpha value is -1.36. The summed E-state index contributed by atoms with van der Waals surface area (Å²) < 4.78 is 1.75. The van der Waals surface area contributed by atoms with Crippen LogP contribution in [0.5, 0.6) is 0 Å². The van der Waals surface area contributed by atoms with Crippen molar-refractivity contribution in [3.8, 4) is 0 Å². The Morgan fingerprint density at radius 3 is 2.57 bits per heavy atom. The predicted molar refractivity (Wildman–Crippen MR) is 85.1 cm³/mol. The molecule has 1 atom stereocenters. The van der Waals surface area contributed by atoms with Gasteiger partial charge in [0.1, 0.15) is 5.82 Å². The summed E-state index contributed by atoms with van der Waals surface area (Å²) in [5.74, 6) is 1.12. The Morgan fingerprint density at radius 1 is 1.38 bits per heavy atom. The first-order valence-corrected chi connectivity index (χ1v) is 7.89. The third kappa shape index (κ3) is 3.84. The first-order chi connectivity index (χ1) is 9.79. The van der Waals surface area contributed by atoms with Crippen LogP contribution in [0.4, 0.5) is 5.82 Å². The SMILES string of the molecule is Cn1nc(C2CCCCC2)cc1NC(=O)[C@@H](N)C(C)(C)C. The molecule has 1 heterocycles. The Kier molecular flexibility index (Phi) is 4.71. The summed E-state index contributed by atoms with van der Waals surface area (Å²) in [5, 5.41) is 7.48. The quantitative estimate of drug-likeness (QED) is 0.899. The van der Waals surface area contributed by atoms with Gasteiger partial charge in [-0.15, -0.1) is 0 Å². The second-order valence-electron chi connectivity index (χ2n) is 7.25. The van der Waals surface area contributed by atoms with Gasteiger partial charge in [0.05, 0.1) is 11.7 Å². The molecular weight excluding hydrogens is 264 g/mol. The molecule has 2 rings (SSSR count). The normalized spacial score (nSPS) is 18.5. The van der Waals surface area contributed by atoms with Crippen LogP contribution in [0.25, 0.3) is 0 Å². The number of aryl methyl sites for hydroxylation is 1. The van der Waals surface area contributed by atoms with E-state index in [0.717, 1.165) is 11.5 Å². The Labute approximate surface area is 127 Å². The number of carbonyl (C=O) groups is 1. The third-order valence-electron chi connectivity index (χ3n) is 4.39. The smallest absolute Gasteiger partial charge is 0.242 e. The lowest BCUT2D eigenvalue weighted by Gasteiger charge is -2.25. The fourth-order valence-electron chi connectivity index (χ4n) is 2.80. The van der Waals surface area contributed by atoms with Gasteiger partial charge in [0, 0.05) is 19.0 Å². The number of hydrogen-bond acceptors (Lipinski definition) is 3. The molecule has 21 heavy (non-hydrogen) atoms. The molecule has 1 aromatic heterocycles. The standard InChI is InChI=1S/C16H28N4O/c1-16(2,3)14(17)15(21)18-13-10-12(19-20(13)4)11-8-6-5-7-9-11/h10-11,14H,5-9,17H2,1-4H3,(H,18,21)/t14-/m1/s1. The Morgan fingerprint density at radius 2 is 2.00 bits per heavy atom. The number of nitrogens with two attached hydrogens (primary N) is 1. The minimum absolute atomic E-state index is 0.152. The van der Waals surface area contributed by atoms with Crippen LogP contribution in [0.3, 0.4) is 0 Å². The summed E-state index contributed by atoms with van der Waals surface area (Å²) in [6, 6.07) is 1.47. The van der Waals surface area contributed by atoms with E-state index in [-0.39, 0.29) is 11.3 Å². The van der Waals surface area contributed by atoms with E-state index in [0.29, 0.717) is 5.92 Å². The number of nitrogens with one attached hydrogen (secondary N) is 1. The fraction of sp³-hybridized carbons (Fsp3) is 0.750. The lowest BCUT2D eigenvalue weighted by molar-refractivity contribution is -0.119. The van der Waals surface area contributed by atoms with E-state index < -0.39 is 6.04 Å². The predicted octanol–water partition coefficient (Wildman–Crippen LogP) is 2.78. The molecule has 0 unspecified atom stereocenters. The zero-order chi connectivity index (χ0) is 15.6. The van der Waals surface area contributed by atoms with Crippen molar-refractivity contribution in [2.45, 2.75) is 64.8 Å². The molecule has 1 fully saturated rings. The average Bonchev–Trinajstić information content (AvgIpc) is 2.79. The second-order valence-corrected chi connectivity index (χ2v) is 7.25. The lowest BCUT2D eigenvalue weighted by Crippen LogP contribution is -2.45. The number of hydrogen-bond donors (Lipinski definition) is 2. The molecule has 3 N–H and O–H groups in total. The first-order valence-electron chi connectivity index (χ1n) is 7.89. The molecule has 0 aromatic carbocycles. The van der Waals surface area contributed by atoms with Crippen LogP contribution in [0.15, 0.2) is 6.07 Å². The molecule has 0 bridgehead atoms. The van der Waals surface area contributed by atoms with Gasteiger partial charge in [-0.05, 0) is 18.3 Å². The van der Waals surface area contributed by atoms with Crippen molar-refractivity contribution in [2.24, 2.45) is 18.2 Å². The van der Waals surface area contributed by atoms with Gasteiger partial charge in [0.15, 0.2) is 0 Å². The molecule has 1 saturated carbocycles. The van der Waals surface area contributed by atoms with Gasteiger partial charge in [-0.1, -0.05) is 40.0 Å². The number of rotatable bonds is 3. The van der Waals surface area contributed by atoms with Crippen LogP contribution in [0.2, 0.25) is 0 Å². The van der Waals surface area contributed by atoms with Crippen molar-refractivity contribution < 1.29 is 4.79 Å². The van der Waals surface area contributed by atoms with E-state index in [2.05, 4.69) is 10.4 Å². The number of amides is 1. The van der Waals surface area contributed by atoms with Crippen molar-refractivity contribution in [2.75, 3.05) is 5.32 Å². The summed E-state index contributed by atoms with van der Waals surface area (Å²) in [5.41, 5.74) is 6.84. The first kappa shape index (κ1) is 16.0. The molecule has 0 radical (unpaired) electrons. The molecule has 5 heteroatoms. The van der Waals surface area contributed by atoms with Gasteiger partial charge in [-0.2, -0.15) is 5.10 Å². The van der Waals surface area contributed by atoms with Gasteiger partial charge in [-0.3, -0.25) is 9.48 Å². The molecule has 1 aliphatic rings. The maximum absolute atomic E-state index is 12.2. The molecule has 1 aliphatic carbocycles. The van der Waals surface area contributed by atoms with Crippen molar-refractivity contribution in [1.29, 1.82) is 0 Å². The van der Waals surface area contributed by atoms with Gasteiger partial charge in [0.2, 0.25) is 5.91 Å². The van der Waals surface area contributed by atoms with E-state index in [4.69, 9.17) is 5.73 Å². The maximum atomic E-state index is 12.2. The van der Waals surface area contributed by atoms with Gasteiger partial charge >= 0.3 is 0 Å². The molecule has 118 valence electrons. The number of anilines is 1. The lowest BCUT2D eigenvalue weighted by atomic mass is 9.86. The highest BCUT2D eigenvalue weighted by atomic mass is 16.2. The van der Waals surface area contributed by atoms with Crippen LogP contribution >= 0.6 is 0 Å². The van der Waals surface area contributed by atoms with E-state index >= 15 is 0 Å². The highest BCUT2D eigenvalue weighted by molar-refractivity contribution is 5.94. The van der Waals surface area contributed by atoms with E-state index in [1.165, 1.54) is 32.1 Å². The molecule has 0 aliphatic heterocycles. The summed E-state index contributed by atoms with van der Waals surface area (Å²) in [4.78, 5) is 12.2. The maximum Gasteiger partial charge on any atom is 0.242 e. The molecule has 5 nitrogen and oxygen atoms in total. The van der Waals surface area contributed by atoms with E-state index in [1.807, 2.05) is 33.9 Å². The number of aromatic nitrogens is 2. The van der Waals surface area contributed by atoms with Crippen LogP contribution in [0.1, 0.15) is 64.5 Å². The van der Waals surface area contributed by atoms with Crippen LogP contribution in [0, 0.1) is 5.41 Å². The van der Waals surface area contributed by atoms with Crippen molar-refractivity contribution >= 4 is 11.7 Å². The van der Waals surface area contributed by atoms with Crippen LogP contribution < -0.4 is 11.1 Å². The van der Waals surface area contributed by atoms with Crippen molar-refractivity contribution in [1.82, 2.24) is 9.78 Å². The van der Waals surface area contributed by atoms with Crippen LogP contribution in [-0.4, -0.2) is 21.7 Å². The van der Waals surface area contributed by atoms with Gasteiger partial charge < -0.3 is 11.1 Å². The zero-order valence-electron chi connectivity index (χ0n) is 13.6. The second kappa shape index (κ2) is 6.18.